The first-order valence-electron chi connectivity index (χ1n) is 8.24. The molecule has 112 valence electrons. The van der Waals surface area contributed by atoms with Gasteiger partial charge in [-0.1, -0.05) is 55.5 Å². The molecule has 0 bridgehead atoms. The Kier molecular flexibility index (Phi) is 3.47. The molecule has 2 heteroatoms. The Labute approximate surface area is 131 Å². The van der Waals surface area contributed by atoms with E-state index < -0.39 is 0 Å². The van der Waals surface area contributed by atoms with Crippen LogP contribution < -0.4 is 0 Å². The third-order valence-electron chi connectivity index (χ3n) is 4.88. The van der Waals surface area contributed by atoms with Crippen LogP contribution in [0.2, 0.25) is 0 Å². The van der Waals surface area contributed by atoms with Crippen LogP contribution in [-0.4, -0.2) is 16.4 Å². The molecule has 22 heavy (non-hydrogen) atoms. The summed E-state index contributed by atoms with van der Waals surface area (Å²) in [6, 6.07) is 20.0. The zero-order valence-corrected chi connectivity index (χ0v) is 13.0. The summed E-state index contributed by atoms with van der Waals surface area (Å²) in [4.78, 5) is 6.31. The summed E-state index contributed by atoms with van der Waals surface area (Å²) >= 11 is 0. The lowest BCUT2D eigenvalue weighted by Crippen LogP contribution is -2.34. The average Bonchev–Trinajstić information content (AvgIpc) is 2.94. The van der Waals surface area contributed by atoms with Crippen LogP contribution in [0, 0.1) is 0 Å². The molecule has 1 atom stereocenters. The fourth-order valence-electron chi connectivity index (χ4n) is 3.84. The Morgan fingerprint density at radius 3 is 2.64 bits per heavy atom. The van der Waals surface area contributed by atoms with Gasteiger partial charge in [0.05, 0.1) is 6.04 Å². The fourth-order valence-corrected chi connectivity index (χ4v) is 3.84. The second-order valence-electron chi connectivity index (χ2n) is 6.19. The highest BCUT2D eigenvalue weighted by Gasteiger charge is 2.28. The van der Waals surface area contributed by atoms with Crippen molar-refractivity contribution in [3.05, 3.63) is 71.4 Å². The van der Waals surface area contributed by atoms with E-state index in [1.807, 2.05) is 0 Å². The van der Waals surface area contributed by atoms with Gasteiger partial charge in [0.25, 0.3) is 0 Å². The van der Waals surface area contributed by atoms with Crippen molar-refractivity contribution in [1.82, 2.24) is 9.88 Å². The van der Waals surface area contributed by atoms with Gasteiger partial charge in [-0.3, -0.25) is 4.90 Å². The highest BCUT2D eigenvalue weighted by Crippen LogP contribution is 2.36. The molecule has 0 saturated heterocycles. The number of aromatic amines is 1. The van der Waals surface area contributed by atoms with E-state index in [9.17, 15) is 0 Å². The Hall–Kier alpha value is -2.06. The standard InChI is InChI=1S/C20H22N2/c1-2-19-20-17(16-10-6-7-11-18(16)21-20)12-13-22(19)14-15-8-4-3-5-9-15/h3-11,19,21H,2,12-14H2,1H3. The van der Waals surface area contributed by atoms with Crippen LogP contribution in [0.25, 0.3) is 10.9 Å². The van der Waals surface area contributed by atoms with Gasteiger partial charge in [-0.25, -0.2) is 0 Å². The SMILES string of the molecule is CCC1c2[nH]c3ccccc3c2CCN1Cc1ccccc1. The summed E-state index contributed by atoms with van der Waals surface area (Å²) in [5, 5.41) is 1.41. The molecule has 2 heterocycles. The van der Waals surface area contributed by atoms with Gasteiger partial charge in [-0.15, -0.1) is 0 Å². The normalized spacial score (nSPS) is 18.5. The molecule has 0 aliphatic carbocycles. The minimum absolute atomic E-state index is 0.497. The lowest BCUT2D eigenvalue weighted by molar-refractivity contribution is 0.168. The lowest BCUT2D eigenvalue weighted by Gasteiger charge is -2.35. The first-order chi connectivity index (χ1) is 10.9. The number of aromatic nitrogens is 1. The zero-order valence-electron chi connectivity index (χ0n) is 13.0. The molecule has 2 nitrogen and oxygen atoms in total. The molecule has 0 spiro atoms. The number of hydrogen-bond donors (Lipinski definition) is 1. The summed E-state index contributed by atoms with van der Waals surface area (Å²) in [7, 11) is 0. The van der Waals surface area contributed by atoms with Crippen molar-refractivity contribution in [2.24, 2.45) is 0 Å². The smallest absolute Gasteiger partial charge is 0.0502 e. The average molecular weight is 290 g/mol. The van der Waals surface area contributed by atoms with Crippen molar-refractivity contribution in [2.75, 3.05) is 6.54 Å². The highest BCUT2D eigenvalue weighted by molar-refractivity contribution is 5.85. The fraction of sp³-hybridized carbons (Fsp3) is 0.300. The largest absolute Gasteiger partial charge is 0.357 e. The Balaban J connectivity index is 1.70. The molecule has 1 aliphatic rings. The molecule has 0 fully saturated rings. The van der Waals surface area contributed by atoms with E-state index in [-0.39, 0.29) is 0 Å². The van der Waals surface area contributed by atoms with E-state index in [1.54, 1.807) is 0 Å². The zero-order chi connectivity index (χ0) is 14.9. The maximum Gasteiger partial charge on any atom is 0.0502 e. The van der Waals surface area contributed by atoms with Gasteiger partial charge < -0.3 is 4.98 Å². The van der Waals surface area contributed by atoms with Gasteiger partial charge in [0.15, 0.2) is 0 Å². The number of nitrogens with zero attached hydrogens (tertiary/aromatic N) is 1. The van der Waals surface area contributed by atoms with E-state index >= 15 is 0 Å². The number of hydrogen-bond acceptors (Lipinski definition) is 1. The number of H-pyrrole nitrogens is 1. The van der Waals surface area contributed by atoms with Gasteiger partial charge in [0.2, 0.25) is 0 Å². The van der Waals surface area contributed by atoms with Crippen molar-refractivity contribution in [3.8, 4) is 0 Å². The lowest BCUT2D eigenvalue weighted by atomic mass is 9.95. The minimum atomic E-state index is 0.497. The quantitative estimate of drug-likeness (QED) is 0.742. The summed E-state index contributed by atoms with van der Waals surface area (Å²) in [6.45, 7) is 4.47. The van der Waals surface area contributed by atoms with Gasteiger partial charge in [0, 0.05) is 29.7 Å². The maximum atomic E-state index is 3.69. The van der Waals surface area contributed by atoms with Crippen molar-refractivity contribution >= 4 is 10.9 Å². The molecular formula is C20H22N2. The highest BCUT2D eigenvalue weighted by atomic mass is 15.2. The summed E-state index contributed by atoms with van der Waals surface area (Å²) in [5.74, 6) is 0. The summed E-state index contributed by atoms with van der Waals surface area (Å²) < 4.78 is 0. The van der Waals surface area contributed by atoms with Crippen LogP contribution in [-0.2, 0) is 13.0 Å². The second kappa shape index (κ2) is 5.62. The first kappa shape index (κ1) is 13.6. The van der Waals surface area contributed by atoms with Crippen molar-refractivity contribution in [2.45, 2.75) is 32.4 Å². The number of fused-ring (bicyclic) bond motifs is 3. The topological polar surface area (TPSA) is 19.0 Å². The molecule has 4 rings (SSSR count). The van der Waals surface area contributed by atoms with Crippen LogP contribution in [0.3, 0.4) is 0 Å². The third-order valence-corrected chi connectivity index (χ3v) is 4.88. The van der Waals surface area contributed by atoms with Crippen LogP contribution in [0.1, 0.15) is 36.2 Å². The van der Waals surface area contributed by atoms with Crippen LogP contribution >= 0.6 is 0 Å². The molecule has 0 amide bonds. The molecule has 0 radical (unpaired) electrons. The van der Waals surface area contributed by atoms with E-state index in [4.69, 9.17) is 0 Å². The van der Waals surface area contributed by atoms with Crippen molar-refractivity contribution < 1.29 is 0 Å². The van der Waals surface area contributed by atoms with Gasteiger partial charge in [-0.2, -0.15) is 0 Å². The predicted molar refractivity (Wildman–Crippen MR) is 91.9 cm³/mol. The van der Waals surface area contributed by atoms with E-state index in [0.717, 1.165) is 25.9 Å². The molecule has 1 aliphatic heterocycles. The van der Waals surface area contributed by atoms with Gasteiger partial charge >= 0.3 is 0 Å². The Morgan fingerprint density at radius 1 is 1.05 bits per heavy atom. The molecule has 3 aromatic rings. The van der Waals surface area contributed by atoms with Crippen LogP contribution in [0.15, 0.2) is 54.6 Å². The van der Waals surface area contributed by atoms with Crippen molar-refractivity contribution in [1.29, 1.82) is 0 Å². The van der Waals surface area contributed by atoms with E-state index in [1.165, 1.54) is 27.7 Å². The summed E-state index contributed by atoms with van der Waals surface area (Å²) in [5.41, 5.74) is 5.66. The third kappa shape index (κ3) is 2.24. The summed E-state index contributed by atoms with van der Waals surface area (Å²) in [6.07, 6.45) is 2.29. The molecule has 0 saturated carbocycles. The Bertz CT molecular complexity index is 773. The maximum absolute atomic E-state index is 3.69. The van der Waals surface area contributed by atoms with Crippen LogP contribution in [0.4, 0.5) is 0 Å². The first-order valence-corrected chi connectivity index (χ1v) is 8.24. The van der Waals surface area contributed by atoms with Gasteiger partial charge in [-0.05, 0) is 30.0 Å². The van der Waals surface area contributed by atoms with E-state index in [0.29, 0.717) is 6.04 Å². The second-order valence-corrected chi connectivity index (χ2v) is 6.19. The van der Waals surface area contributed by atoms with E-state index in [2.05, 4.69) is 71.4 Å². The predicted octanol–water partition coefficient (Wildman–Crippen LogP) is 4.68. The number of rotatable bonds is 3. The molecule has 1 aromatic heterocycles. The Morgan fingerprint density at radius 2 is 1.82 bits per heavy atom. The molecule has 2 aromatic carbocycles. The molecule has 1 unspecified atom stereocenters. The van der Waals surface area contributed by atoms with Crippen LogP contribution in [0.5, 0.6) is 0 Å². The minimum Gasteiger partial charge on any atom is -0.357 e. The van der Waals surface area contributed by atoms with Gasteiger partial charge in [0.1, 0.15) is 0 Å². The number of benzene rings is 2. The molecule has 1 N–H and O–H groups in total. The molecular weight excluding hydrogens is 268 g/mol. The number of para-hydroxylation sites is 1. The van der Waals surface area contributed by atoms with Crippen molar-refractivity contribution in [3.63, 3.8) is 0 Å². The number of nitrogens with one attached hydrogen (secondary N) is 1. The monoisotopic (exact) mass is 290 g/mol.